The molecular formula is C17H21N3O. The molecule has 1 saturated heterocycles. The standard InChI is InChI=1S/C17H21N3O/c1-19-9-5-7-15(11-19)20(2)17-14(12-21)10-13-6-3-4-8-16(13)18-17/h3-4,6,8,10,12,15H,5,7,9,11H2,1-2H3. The van der Waals surface area contributed by atoms with E-state index in [0.29, 0.717) is 11.6 Å². The molecule has 21 heavy (non-hydrogen) atoms. The van der Waals surface area contributed by atoms with Crippen molar-refractivity contribution < 1.29 is 4.79 Å². The van der Waals surface area contributed by atoms with E-state index in [9.17, 15) is 4.79 Å². The zero-order valence-corrected chi connectivity index (χ0v) is 12.6. The first-order valence-corrected chi connectivity index (χ1v) is 7.45. The molecule has 3 rings (SSSR count). The molecule has 4 nitrogen and oxygen atoms in total. The highest BCUT2D eigenvalue weighted by atomic mass is 16.1. The van der Waals surface area contributed by atoms with Gasteiger partial charge in [-0.15, -0.1) is 0 Å². The number of aldehydes is 1. The van der Waals surface area contributed by atoms with Crippen molar-refractivity contribution in [3.63, 3.8) is 0 Å². The topological polar surface area (TPSA) is 36.4 Å². The first kappa shape index (κ1) is 14.0. The van der Waals surface area contributed by atoms with Crippen LogP contribution in [0.3, 0.4) is 0 Å². The lowest BCUT2D eigenvalue weighted by molar-refractivity contribution is 0.112. The maximum Gasteiger partial charge on any atom is 0.153 e. The average molecular weight is 283 g/mol. The van der Waals surface area contributed by atoms with Crippen LogP contribution in [0.25, 0.3) is 10.9 Å². The van der Waals surface area contributed by atoms with Gasteiger partial charge in [-0.05, 0) is 38.6 Å². The highest BCUT2D eigenvalue weighted by Gasteiger charge is 2.23. The Balaban J connectivity index is 1.99. The molecule has 1 aromatic carbocycles. The van der Waals surface area contributed by atoms with E-state index in [2.05, 4.69) is 16.8 Å². The number of anilines is 1. The van der Waals surface area contributed by atoms with Crippen molar-refractivity contribution in [2.45, 2.75) is 18.9 Å². The molecule has 1 atom stereocenters. The number of carbonyl (C=O) groups excluding carboxylic acids is 1. The zero-order valence-electron chi connectivity index (χ0n) is 12.6. The highest BCUT2D eigenvalue weighted by Crippen LogP contribution is 2.25. The van der Waals surface area contributed by atoms with Crippen LogP contribution in [0.1, 0.15) is 23.2 Å². The van der Waals surface area contributed by atoms with Crippen LogP contribution >= 0.6 is 0 Å². The van der Waals surface area contributed by atoms with Crippen LogP contribution < -0.4 is 4.90 Å². The van der Waals surface area contributed by atoms with Crippen molar-refractivity contribution in [2.24, 2.45) is 0 Å². The van der Waals surface area contributed by atoms with Crippen molar-refractivity contribution in [1.82, 2.24) is 9.88 Å². The van der Waals surface area contributed by atoms with Gasteiger partial charge in [0.05, 0.1) is 11.1 Å². The van der Waals surface area contributed by atoms with E-state index in [0.717, 1.165) is 42.5 Å². The molecule has 4 heteroatoms. The van der Waals surface area contributed by atoms with Gasteiger partial charge in [-0.25, -0.2) is 4.98 Å². The van der Waals surface area contributed by atoms with Gasteiger partial charge < -0.3 is 9.80 Å². The number of nitrogens with zero attached hydrogens (tertiary/aromatic N) is 3. The number of rotatable bonds is 3. The number of likely N-dealkylation sites (tertiary alicyclic amines) is 1. The molecule has 1 aromatic heterocycles. The molecule has 0 N–H and O–H groups in total. The van der Waals surface area contributed by atoms with Crippen LogP contribution in [0.2, 0.25) is 0 Å². The van der Waals surface area contributed by atoms with Gasteiger partial charge in [0.25, 0.3) is 0 Å². The molecule has 2 heterocycles. The van der Waals surface area contributed by atoms with Crippen LogP contribution in [0.5, 0.6) is 0 Å². The fourth-order valence-corrected chi connectivity index (χ4v) is 3.12. The fraction of sp³-hybridized carbons (Fsp3) is 0.412. The Kier molecular flexibility index (Phi) is 3.88. The third-order valence-corrected chi connectivity index (χ3v) is 4.34. The summed E-state index contributed by atoms with van der Waals surface area (Å²) < 4.78 is 0. The summed E-state index contributed by atoms with van der Waals surface area (Å²) >= 11 is 0. The number of piperidine rings is 1. The molecule has 0 bridgehead atoms. The molecule has 0 amide bonds. The summed E-state index contributed by atoms with van der Waals surface area (Å²) in [6.45, 7) is 2.17. The minimum absolute atomic E-state index is 0.413. The van der Waals surface area contributed by atoms with E-state index >= 15 is 0 Å². The van der Waals surface area contributed by atoms with Gasteiger partial charge in [0.1, 0.15) is 5.82 Å². The SMILES string of the molecule is CN1CCCC(N(C)c2nc3ccccc3cc2C=O)C1. The summed E-state index contributed by atoms with van der Waals surface area (Å²) in [5.41, 5.74) is 1.61. The van der Waals surface area contributed by atoms with Crippen molar-refractivity contribution in [3.8, 4) is 0 Å². The number of pyridine rings is 1. The summed E-state index contributed by atoms with van der Waals surface area (Å²) in [5, 5.41) is 1.01. The van der Waals surface area contributed by atoms with Crippen LogP contribution in [0, 0.1) is 0 Å². The van der Waals surface area contributed by atoms with E-state index in [1.165, 1.54) is 6.42 Å². The number of fused-ring (bicyclic) bond motifs is 1. The number of para-hydroxylation sites is 1. The first-order chi connectivity index (χ1) is 10.2. The van der Waals surface area contributed by atoms with E-state index in [1.807, 2.05) is 37.4 Å². The summed E-state index contributed by atoms with van der Waals surface area (Å²) in [6.07, 6.45) is 3.25. The van der Waals surface area contributed by atoms with Crippen molar-refractivity contribution in [3.05, 3.63) is 35.9 Å². The van der Waals surface area contributed by atoms with Gasteiger partial charge in [-0.2, -0.15) is 0 Å². The number of likely N-dealkylation sites (N-methyl/N-ethyl adjacent to an activating group) is 2. The Morgan fingerprint density at radius 3 is 2.95 bits per heavy atom. The summed E-state index contributed by atoms with van der Waals surface area (Å²) in [5.74, 6) is 0.795. The zero-order chi connectivity index (χ0) is 14.8. The Morgan fingerprint density at radius 1 is 1.38 bits per heavy atom. The monoisotopic (exact) mass is 283 g/mol. The molecular weight excluding hydrogens is 262 g/mol. The molecule has 110 valence electrons. The number of benzene rings is 1. The molecule has 0 radical (unpaired) electrons. The van der Waals surface area contributed by atoms with Gasteiger partial charge >= 0.3 is 0 Å². The van der Waals surface area contributed by atoms with Crippen LogP contribution in [-0.2, 0) is 0 Å². The Morgan fingerprint density at radius 2 is 2.19 bits per heavy atom. The van der Waals surface area contributed by atoms with Gasteiger partial charge in [0, 0.05) is 25.0 Å². The van der Waals surface area contributed by atoms with Crippen LogP contribution in [-0.4, -0.2) is 49.4 Å². The molecule has 1 unspecified atom stereocenters. The third kappa shape index (κ3) is 2.76. The lowest BCUT2D eigenvalue weighted by atomic mass is 10.0. The highest BCUT2D eigenvalue weighted by molar-refractivity contribution is 5.91. The first-order valence-electron chi connectivity index (χ1n) is 7.45. The summed E-state index contributed by atoms with van der Waals surface area (Å²) in [4.78, 5) is 20.7. The summed E-state index contributed by atoms with van der Waals surface area (Å²) in [6, 6.07) is 10.3. The van der Waals surface area contributed by atoms with E-state index < -0.39 is 0 Å². The number of hydrogen-bond donors (Lipinski definition) is 0. The number of hydrogen-bond acceptors (Lipinski definition) is 4. The maximum absolute atomic E-state index is 11.4. The van der Waals surface area contributed by atoms with Crippen molar-refractivity contribution in [1.29, 1.82) is 0 Å². The molecule has 1 aliphatic rings. The lowest BCUT2D eigenvalue weighted by Gasteiger charge is -2.37. The second kappa shape index (κ2) is 5.82. The van der Waals surface area contributed by atoms with Gasteiger partial charge in [-0.3, -0.25) is 4.79 Å². The molecule has 1 fully saturated rings. The molecule has 0 aliphatic carbocycles. The summed E-state index contributed by atoms with van der Waals surface area (Å²) in [7, 11) is 4.20. The molecule has 2 aromatic rings. The maximum atomic E-state index is 11.4. The minimum atomic E-state index is 0.413. The van der Waals surface area contributed by atoms with Gasteiger partial charge in [0.15, 0.2) is 6.29 Å². The Labute approximate surface area is 125 Å². The smallest absolute Gasteiger partial charge is 0.153 e. The van der Waals surface area contributed by atoms with E-state index in [-0.39, 0.29) is 0 Å². The molecule has 0 saturated carbocycles. The Bertz CT molecular complexity index is 656. The van der Waals surface area contributed by atoms with Crippen molar-refractivity contribution in [2.75, 3.05) is 32.1 Å². The second-order valence-electron chi connectivity index (χ2n) is 5.88. The third-order valence-electron chi connectivity index (χ3n) is 4.34. The van der Waals surface area contributed by atoms with Crippen LogP contribution in [0.4, 0.5) is 5.82 Å². The molecule has 1 aliphatic heterocycles. The normalized spacial score (nSPS) is 19.6. The van der Waals surface area contributed by atoms with Gasteiger partial charge in [-0.1, -0.05) is 18.2 Å². The van der Waals surface area contributed by atoms with E-state index in [1.54, 1.807) is 0 Å². The largest absolute Gasteiger partial charge is 0.355 e. The lowest BCUT2D eigenvalue weighted by Crippen LogP contribution is -2.45. The molecule has 0 spiro atoms. The fourth-order valence-electron chi connectivity index (χ4n) is 3.12. The Hall–Kier alpha value is -1.94. The minimum Gasteiger partial charge on any atom is -0.355 e. The second-order valence-corrected chi connectivity index (χ2v) is 5.88. The average Bonchev–Trinajstić information content (AvgIpc) is 2.53. The quantitative estimate of drug-likeness (QED) is 0.811. The number of aromatic nitrogens is 1. The predicted molar refractivity (Wildman–Crippen MR) is 86.1 cm³/mol. The van der Waals surface area contributed by atoms with E-state index in [4.69, 9.17) is 4.98 Å². The predicted octanol–water partition coefficient (Wildman–Crippen LogP) is 2.58. The van der Waals surface area contributed by atoms with Gasteiger partial charge in [0.2, 0.25) is 0 Å². The van der Waals surface area contributed by atoms with Crippen molar-refractivity contribution >= 4 is 23.0 Å². The van der Waals surface area contributed by atoms with Crippen LogP contribution in [0.15, 0.2) is 30.3 Å². The number of carbonyl (C=O) groups is 1.